The zero-order chi connectivity index (χ0) is 22.2. The lowest BCUT2D eigenvalue weighted by Gasteiger charge is -2.36. The molecule has 1 amide bonds. The average Bonchev–Trinajstić information content (AvgIpc) is 3.22. The van der Waals surface area contributed by atoms with Gasteiger partial charge >= 0.3 is 5.97 Å². The van der Waals surface area contributed by atoms with E-state index in [1.165, 1.54) is 0 Å². The summed E-state index contributed by atoms with van der Waals surface area (Å²) in [7, 11) is 0. The molecule has 5 nitrogen and oxygen atoms in total. The van der Waals surface area contributed by atoms with Gasteiger partial charge in [-0.2, -0.15) is 0 Å². The molecule has 1 aliphatic carbocycles. The van der Waals surface area contributed by atoms with E-state index in [-0.39, 0.29) is 5.41 Å². The Hall–Kier alpha value is -2.99. The number of allylic oxidation sites excluding steroid dienone is 1. The molecule has 0 spiro atoms. The van der Waals surface area contributed by atoms with Crippen molar-refractivity contribution in [3.05, 3.63) is 63.5 Å². The number of esters is 1. The van der Waals surface area contributed by atoms with Crippen LogP contribution in [0.15, 0.2) is 41.8 Å². The van der Waals surface area contributed by atoms with Gasteiger partial charge in [-0.25, -0.2) is 9.78 Å². The molecule has 2 aromatic heterocycles. The van der Waals surface area contributed by atoms with Crippen LogP contribution in [0.25, 0.3) is 22.6 Å². The maximum absolute atomic E-state index is 13.1. The van der Waals surface area contributed by atoms with Crippen molar-refractivity contribution in [2.75, 3.05) is 6.61 Å². The van der Waals surface area contributed by atoms with E-state index >= 15 is 0 Å². The minimum absolute atomic E-state index is 0.0479. The fourth-order valence-corrected chi connectivity index (χ4v) is 4.80. The molecule has 1 atom stereocenters. The minimum Gasteiger partial charge on any atom is -0.452 e. The summed E-state index contributed by atoms with van der Waals surface area (Å²) in [6.07, 6.45) is 3.79. The topological polar surface area (TPSA) is 82.3 Å². The SMILES string of the molecule is CC(C)(C)C1C/C(=C/c2cccs2)c2nc3ccccc3c(C(=O)OCC(N)=O)c2C1. The van der Waals surface area contributed by atoms with Crippen molar-refractivity contribution in [3.8, 4) is 0 Å². The molecule has 2 N–H and O–H groups in total. The molecule has 0 aliphatic heterocycles. The van der Waals surface area contributed by atoms with Crippen LogP contribution in [-0.2, 0) is 16.0 Å². The highest BCUT2D eigenvalue weighted by molar-refractivity contribution is 7.10. The lowest BCUT2D eigenvalue weighted by atomic mass is 9.69. The molecular weight excluding hydrogens is 408 g/mol. The van der Waals surface area contributed by atoms with Crippen molar-refractivity contribution < 1.29 is 14.3 Å². The number of aromatic nitrogens is 1. The predicted octanol–water partition coefficient (Wildman–Crippen LogP) is 5.09. The molecule has 3 aromatic rings. The molecule has 31 heavy (non-hydrogen) atoms. The van der Waals surface area contributed by atoms with Crippen molar-refractivity contribution in [1.82, 2.24) is 4.98 Å². The summed E-state index contributed by atoms with van der Waals surface area (Å²) < 4.78 is 5.27. The predicted molar refractivity (Wildman–Crippen MR) is 125 cm³/mol. The second-order valence-corrected chi connectivity index (χ2v) is 10.0. The number of benzene rings is 1. The van der Waals surface area contributed by atoms with Crippen LogP contribution >= 0.6 is 11.3 Å². The number of amides is 1. The number of thiophene rings is 1. The Morgan fingerprint density at radius 3 is 2.65 bits per heavy atom. The Morgan fingerprint density at radius 2 is 1.97 bits per heavy atom. The molecule has 0 bridgehead atoms. The van der Waals surface area contributed by atoms with Crippen LogP contribution < -0.4 is 5.73 Å². The Kier molecular flexibility index (Phi) is 5.67. The fraction of sp³-hybridized carbons (Fsp3) is 0.320. The molecule has 0 saturated carbocycles. The van der Waals surface area contributed by atoms with Crippen LogP contribution in [0.2, 0.25) is 0 Å². The number of primary amides is 1. The number of ether oxygens (including phenoxy) is 1. The first-order chi connectivity index (χ1) is 14.7. The number of fused-ring (bicyclic) bond motifs is 2. The number of nitrogens with zero attached hydrogens (tertiary/aromatic N) is 1. The summed E-state index contributed by atoms with van der Waals surface area (Å²) in [6, 6.07) is 11.7. The first-order valence-corrected chi connectivity index (χ1v) is 11.2. The summed E-state index contributed by atoms with van der Waals surface area (Å²) in [6.45, 7) is 6.24. The van der Waals surface area contributed by atoms with Gasteiger partial charge in [0.15, 0.2) is 6.61 Å². The molecule has 0 radical (unpaired) electrons. The van der Waals surface area contributed by atoms with Gasteiger partial charge in [-0.3, -0.25) is 4.79 Å². The molecule has 160 valence electrons. The molecule has 0 fully saturated rings. The van der Waals surface area contributed by atoms with E-state index in [0.29, 0.717) is 11.5 Å². The molecular formula is C25H26N2O3S. The molecule has 1 aliphatic rings. The third-order valence-corrected chi connectivity index (χ3v) is 6.67. The molecule has 1 unspecified atom stereocenters. The lowest BCUT2D eigenvalue weighted by Crippen LogP contribution is -2.29. The quantitative estimate of drug-likeness (QED) is 0.580. The van der Waals surface area contributed by atoms with Crippen LogP contribution in [0, 0.1) is 11.3 Å². The number of carbonyl (C=O) groups is 2. The van der Waals surface area contributed by atoms with Crippen LogP contribution in [0.1, 0.15) is 53.7 Å². The largest absolute Gasteiger partial charge is 0.452 e. The van der Waals surface area contributed by atoms with Gasteiger partial charge in [-0.15, -0.1) is 11.3 Å². The second kappa shape index (κ2) is 8.27. The van der Waals surface area contributed by atoms with Crippen molar-refractivity contribution in [2.45, 2.75) is 33.6 Å². The Balaban J connectivity index is 1.95. The molecule has 6 heteroatoms. The van der Waals surface area contributed by atoms with E-state index in [1.54, 1.807) is 11.3 Å². The van der Waals surface area contributed by atoms with E-state index in [4.69, 9.17) is 15.5 Å². The van der Waals surface area contributed by atoms with Gasteiger partial charge in [0.25, 0.3) is 5.91 Å². The van der Waals surface area contributed by atoms with Crippen molar-refractivity contribution in [2.24, 2.45) is 17.1 Å². The van der Waals surface area contributed by atoms with E-state index in [9.17, 15) is 9.59 Å². The number of para-hydroxylation sites is 1. The summed E-state index contributed by atoms with van der Waals surface area (Å²) in [5, 5.41) is 2.79. The van der Waals surface area contributed by atoms with Gasteiger partial charge in [0, 0.05) is 10.3 Å². The second-order valence-electron chi connectivity index (χ2n) is 9.03. The van der Waals surface area contributed by atoms with Crippen molar-refractivity contribution in [1.29, 1.82) is 0 Å². The smallest absolute Gasteiger partial charge is 0.339 e. The van der Waals surface area contributed by atoms with Crippen LogP contribution in [0.5, 0.6) is 0 Å². The zero-order valence-electron chi connectivity index (χ0n) is 18.0. The highest BCUT2D eigenvalue weighted by Crippen LogP contribution is 2.45. The third kappa shape index (κ3) is 4.39. The summed E-state index contributed by atoms with van der Waals surface area (Å²) in [4.78, 5) is 30.5. The zero-order valence-corrected chi connectivity index (χ0v) is 18.8. The van der Waals surface area contributed by atoms with Crippen molar-refractivity contribution >= 4 is 45.8 Å². The highest BCUT2D eigenvalue weighted by atomic mass is 32.1. The lowest BCUT2D eigenvalue weighted by molar-refractivity contribution is -0.121. The number of carbonyl (C=O) groups excluding carboxylic acids is 2. The maximum Gasteiger partial charge on any atom is 0.339 e. The minimum atomic E-state index is -0.675. The van der Waals surface area contributed by atoms with Gasteiger partial charge in [0.2, 0.25) is 0 Å². The average molecular weight is 435 g/mol. The molecule has 4 rings (SSSR count). The van der Waals surface area contributed by atoms with Crippen LogP contribution in [0.4, 0.5) is 0 Å². The van der Waals surface area contributed by atoms with Gasteiger partial charge in [0.1, 0.15) is 0 Å². The number of pyridine rings is 1. The standard InChI is InChI=1S/C25H26N2O3S/c1-25(2,3)16-11-15(12-17-7-6-10-31-17)23-19(13-16)22(24(29)30-14-21(26)28)18-8-4-5-9-20(18)27-23/h4-10,12,16H,11,13-14H2,1-3H3,(H2,26,28)/b15-12-. The van der Waals surface area contributed by atoms with Gasteiger partial charge in [-0.1, -0.05) is 45.0 Å². The summed E-state index contributed by atoms with van der Waals surface area (Å²) >= 11 is 1.68. The van der Waals surface area contributed by atoms with Crippen molar-refractivity contribution in [3.63, 3.8) is 0 Å². The Morgan fingerprint density at radius 1 is 1.19 bits per heavy atom. The first-order valence-electron chi connectivity index (χ1n) is 10.4. The molecule has 2 heterocycles. The van der Waals surface area contributed by atoms with Crippen LogP contribution in [-0.4, -0.2) is 23.5 Å². The number of rotatable bonds is 4. The monoisotopic (exact) mass is 434 g/mol. The fourth-order valence-electron chi connectivity index (χ4n) is 4.12. The molecule has 1 aromatic carbocycles. The van der Waals surface area contributed by atoms with Crippen LogP contribution in [0.3, 0.4) is 0 Å². The number of nitrogens with two attached hydrogens (primary N) is 1. The Labute approximate surface area is 185 Å². The highest BCUT2D eigenvalue weighted by Gasteiger charge is 2.35. The summed E-state index contributed by atoms with van der Waals surface area (Å²) in [5.41, 5.74) is 9.35. The summed E-state index contributed by atoms with van der Waals surface area (Å²) in [5.74, 6) is -0.873. The normalized spacial score (nSPS) is 17.5. The van der Waals surface area contributed by atoms with E-state index < -0.39 is 18.5 Å². The van der Waals surface area contributed by atoms with Gasteiger partial charge in [-0.05, 0) is 58.9 Å². The number of hydrogen-bond acceptors (Lipinski definition) is 5. The van der Waals surface area contributed by atoms with E-state index in [0.717, 1.165) is 45.5 Å². The van der Waals surface area contributed by atoms with E-state index in [1.807, 2.05) is 30.3 Å². The third-order valence-electron chi connectivity index (χ3n) is 5.85. The van der Waals surface area contributed by atoms with Gasteiger partial charge in [0.05, 0.1) is 16.8 Å². The first kappa shape index (κ1) is 21.2. The van der Waals surface area contributed by atoms with Gasteiger partial charge < -0.3 is 10.5 Å². The van der Waals surface area contributed by atoms with E-state index in [2.05, 4.69) is 38.3 Å². The Bertz CT molecular complexity index is 1170. The number of hydrogen-bond donors (Lipinski definition) is 1. The molecule has 0 saturated heterocycles. The maximum atomic E-state index is 13.1.